The van der Waals surface area contributed by atoms with Gasteiger partial charge in [-0.15, -0.1) is 0 Å². The van der Waals surface area contributed by atoms with Crippen molar-refractivity contribution >= 4 is 32.8 Å². The number of sulfone groups is 1. The van der Waals surface area contributed by atoms with E-state index in [0.29, 0.717) is 34.9 Å². The van der Waals surface area contributed by atoms with E-state index in [4.69, 9.17) is 9.47 Å². The summed E-state index contributed by atoms with van der Waals surface area (Å²) < 4.78 is 40.2. The molecular formula is C48H62N4O7S. The van der Waals surface area contributed by atoms with Gasteiger partial charge in [-0.1, -0.05) is 121 Å². The molecular weight excluding hydrogens is 777 g/mol. The number of rotatable bonds is 24. The normalized spacial score (nSPS) is 14.8. The quantitative estimate of drug-likeness (QED) is 0.0405. The Hall–Kier alpha value is -5.23. The molecule has 0 spiro atoms. The van der Waals surface area contributed by atoms with E-state index in [-0.39, 0.29) is 39.0 Å². The minimum atomic E-state index is -4.22. The second-order valence-electron chi connectivity index (χ2n) is 15.7. The zero-order valence-electron chi connectivity index (χ0n) is 35.9. The Labute approximate surface area is 356 Å². The van der Waals surface area contributed by atoms with E-state index in [9.17, 15) is 23.4 Å². The van der Waals surface area contributed by atoms with Gasteiger partial charge in [-0.05, 0) is 86.8 Å². The number of nitrogens with zero attached hydrogens (tertiary/aromatic N) is 4. The molecule has 0 aromatic heterocycles. The Balaban J connectivity index is 1.22. The van der Waals surface area contributed by atoms with Crippen molar-refractivity contribution in [2.24, 2.45) is 15.3 Å². The third-order valence-corrected chi connectivity index (χ3v) is 13.2. The minimum absolute atomic E-state index is 0.0533. The van der Waals surface area contributed by atoms with Gasteiger partial charge in [-0.2, -0.15) is 20.3 Å². The predicted molar refractivity (Wildman–Crippen MR) is 240 cm³/mol. The lowest BCUT2D eigenvalue weighted by molar-refractivity contribution is -0.117. The van der Waals surface area contributed by atoms with Gasteiger partial charge in [-0.3, -0.25) is 4.79 Å². The fourth-order valence-corrected chi connectivity index (χ4v) is 9.05. The van der Waals surface area contributed by atoms with Crippen LogP contribution >= 0.6 is 0 Å². The molecule has 322 valence electrons. The zero-order valence-corrected chi connectivity index (χ0v) is 36.7. The summed E-state index contributed by atoms with van der Waals surface area (Å²) in [6.45, 7) is 7.64. The standard InChI is InChI=1S/C48H62N4O7S/c1-6-7-8-9-10-11-12-13-14-15-16-17-18-22-31-59-39-27-25-37(26-28-39)45-44(42(53)32-34(2)47(45)54)36(4)60(56,57)40-29-30-43(58-5)41(33-40)49-50-46-35(3)51-52(48(46)55)38-23-20-19-21-24-38/h19-21,23-30,32-33,36,46,53-54H,6-18,22,31H2,1-5H3/t36-,46+/m1/s1. The number of benzene rings is 4. The number of methoxy groups -OCH3 is 1. The van der Waals surface area contributed by atoms with Crippen molar-refractivity contribution in [3.63, 3.8) is 0 Å². The van der Waals surface area contributed by atoms with Gasteiger partial charge >= 0.3 is 0 Å². The largest absolute Gasteiger partial charge is 0.508 e. The predicted octanol–water partition coefficient (Wildman–Crippen LogP) is 12.4. The molecule has 1 heterocycles. The number of unbranched alkanes of at least 4 members (excludes halogenated alkanes) is 13. The molecule has 60 heavy (non-hydrogen) atoms. The molecule has 0 saturated heterocycles. The second kappa shape index (κ2) is 22.4. The van der Waals surface area contributed by atoms with Crippen LogP contribution in [0.3, 0.4) is 0 Å². The molecule has 0 unspecified atom stereocenters. The van der Waals surface area contributed by atoms with Crippen molar-refractivity contribution in [2.45, 2.75) is 134 Å². The number of anilines is 1. The maximum atomic E-state index is 14.3. The van der Waals surface area contributed by atoms with Crippen molar-refractivity contribution in [1.29, 1.82) is 0 Å². The van der Waals surface area contributed by atoms with E-state index in [2.05, 4.69) is 22.3 Å². The molecule has 1 aliphatic rings. The van der Waals surface area contributed by atoms with Gasteiger partial charge in [0, 0.05) is 11.1 Å². The van der Waals surface area contributed by atoms with Crippen LogP contribution < -0.4 is 14.5 Å². The number of phenols is 2. The fourth-order valence-electron chi connectivity index (χ4n) is 7.56. The molecule has 4 aromatic rings. The van der Waals surface area contributed by atoms with Crippen molar-refractivity contribution in [2.75, 3.05) is 18.7 Å². The Bertz CT molecular complexity index is 2190. The summed E-state index contributed by atoms with van der Waals surface area (Å²) in [7, 11) is -2.80. The molecule has 1 aliphatic heterocycles. The lowest BCUT2D eigenvalue weighted by atomic mass is 9.93. The van der Waals surface area contributed by atoms with E-state index in [0.717, 1.165) is 12.8 Å². The third-order valence-electron chi connectivity index (χ3n) is 11.1. The summed E-state index contributed by atoms with van der Waals surface area (Å²) in [4.78, 5) is 13.1. The monoisotopic (exact) mass is 838 g/mol. The van der Waals surface area contributed by atoms with E-state index >= 15 is 0 Å². The van der Waals surface area contributed by atoms with Crippen LogP contribution in [0.1, 0.15) is 127 Å². The van der Waals surface area contributed by atoms with E-state index < -0.39 is 27.0 Å². The molecule has 1 amide bonds. The molecule has 0 aliphatic carbocycles. The number of para-hydroxylation sites is 1. The van der Waals surface area contributed by atoms with Crippen molar-refractivity contribution in [1.82, 2.24) is 0 Å². The molecule has 11 nitrogen and oxygen atoms in total. The summed E-state index contributed by atoms with van der Waals surface area (Å²) >= 11 is 0. The molecule has 0 saturated carbocycles. The summed E-state index contributed by atoms with van der Waals surface area (Å²) in [6.07, 6.45) is 18.0. The fraction of sp³-hybridized carbons (Fsp3) is 0.458. The lowest BCUT2D eigenvalue weighted by Crippen LogP contribution is -2.29. The van der Waals surface area contributed by atoms with Crippen LogP contribution in [0, 0.1) is 6.92 Å². The number of carbonyl (C=O) groups is 1. The zero-order chi connectivity index (χ0) is 43.1. The highest BCUT2D eigenvalue weighted by Crippen LogP contribution is 2.47. The number of carbonyl (C=O) groups excluding carboxylic acids is 1. The number of hydrogen-bond donors (Lipinski definition) is 2. The Kier molecular flexibility index (Phi) is 17.1. The van der Waals surface area contributed by atoms with Crippen molar-refractivity contribution in [3.8, 4) is 34.1 Å². The summed E-state index contributed by atoms with van der Waals surface area (Å²) in [5.74, 6) is 0.118. The number of amides is 1. The first-order valence-electron chi connectivity index (χ1n) is 21.5. The molecule has 5 rings (SSSR count). The van der Waals surface area contributed by atoms with Crippen LogP contribution in [0.5, 0.6) is 23.0 Å². The molecule has 0 fully saturated rings. The van der Waals surface area contributed by atoms with Crippen LogP contribution in [0.4, 0.5) is 11.4 Å². The topological polar surface area (TPSA) is 150 Å². The van der Waals surface area contributed by atoms with Gasteiger partial charge in [0.15, 0.2) is 15.9 Å². The van der Waals surface area contributed by atoms with Crippen molar-refractivity contribution in [3.05, 3.63) is 90.0 Å². The third kappa shape index (κ3) is 11.7. The first-order chi connectivity index (χ1) is 29.0. The maximum Gasteiger partial charge on any atom is 0.280 e. The summed E-state index contributed by atoms with van der Waals surface area (Å²) in [5.41, 5.74) is 2.29. The van der Waals surface area contributed by atoms with Gasteiger partial charge in [0.2, 0.25) is 0 Å². The molecule has 0 radical (unpaired) electrons. The van der Waals surface area contributed by atoms with E-state index in [1.165, 1.54) is 120 Å². The number of azo groups is 1. The molecule has 2 atom stereocenters. The Morgan fingerprint density at radius 3 is 2.00 bits per heavy atom. The highest BCUT2D eigenvalue weighted by molar-refractivity contribution is 7.91. The van der Waals surface area contributed by atoms with E-state index in [1.807, 2.05) is 6.07 Å². The van der Waals surface area contributed by atoms with Crippen LogP contribution in [0.25, 0.3) is 11.1 Å². The first kappa shape index (κ1) is 45.8. The first-order valence-corrected chi connectivity index (χ1v) is 23.1. The summed E-state index contributed by atoms with van der Waals surface area (Å²) in [6, 6.07) is 20.6. The molecule has 12 heteroatoms. The Morgan fingerprint density at radius 1 is 0.800 bits per heavy atom. The number of ether oxygens (including phenoxy) is 2. The average molecular weight is 839 g/mol. The van der Waals surface area contributed by atoms with Crippen LogP contribution in [0.15, 0.2) is 99.1 Å². The summed E-state index contributed by atoms with van der Waals surface area (Å²) in [5, 5.41) is 35.5. The maximum absolute atomic E-state index is 14.3. The number of hydrazone groups is 1. The van der Waals surface area contributed by atoms with Gasteiger partial charge < -0.3 is 19.7 Å². The number of aryl methyl sites for hydroxylation is 1. The minimum Gasteiger partial charge on any atom is -0.508 e. The van der Waals surface area contributed by atoms with Crippen LogP contribution in [-0.4, -0.2) is 50.0 Å². The van der Waals surface area contributed by atoms with Gasteiger partial charge in [-0.25, -0.2) is 8.42 Å². The Morgan fingerprint density at radius 2 is 1.40 bits per heavy atom. The van der Waals surface area contributed by atoms with Crippen LogP contribution in [0.2, 0.25) is 0 Å². The van der Waals surface area contributed by atoms with E-state index in [1.54, 1.807) is 62.4 Å². The smallest absolute Gasteiger partial charge is 0.280 e. The SMILES string of the molecule is CCCCCCCCCCCCCCCCOc1ccc(-c2c(O)c(C)cc(O)c2[C@@H](C)S(=O)(=O)c2ccc(OC)c(N=N[C@@H]3C(=O)N(c4ccccc4)N=C3C)c2)cc1. The van der Waals surface area contributed by atoms with Gasteiger partial charge in [0.05, 0.1) is 35.3 Å². The molecule has 4 aromatic carbocycles. The number of aromatic hydroxyl groups is 2. The van der Waals surface area contributed by atoms with Crippen LogP contribution in [-0.2, 0) is 14.6 Å². The van der Waals surface area contributed by atoms with Gasteiger partial charge in [0.1, 0.15) is 28.7 Å². The number of phenolic OH excluding ortho intramolecular Hbond substituents is 2. The molecule has 0 bridgehead atoms. The molecule has 2 N–H and O–H groups in total. The number of hydrogen-bond acceptors (Lipinski definition) is 10. The van der Waals surface area contributed by atoms with Crippen molar-refractivity contribution < 1.29 is 32.9 Å². The lowest BCUT2D eigenvalue weighted by Gasteiger charge is -2.21. The highest BCUT2D eigenvalue weighted by Gasteiger charge is 2.35. The second-order valence-corrected chi connectivity index (χ2v) is 18.0. The highest BCUT2D eigenvalue weighted by atomic mass is 32.2. The van der Waals surface area contributed by atoms with Gasteiger partial charge in [0.25, 0.3) is 5.91 Å². The average Bonchev–Trinajstić information content (AvgIpc) is 3.54.